The topological polar surface area (TPSA) is 56.8 Å². The van der Waals surface area contributed by atoms with E-state index in [4.69, 9.17) is 14.2 Å². The molecule has 1 aliphatic rings. The number of ether oxygens (including phenoxy) is 3. The molecular weight excluding hydrogens is 282 g/mol. The summed E-state index contributed by atoms with van der Waals surface area (Å²) in [6.45, 7) is 4.86. The van der Waals surface area contributed by atoms with Crippen LogP contribution in [0.2, 0.25) is 0 Å². The van der Waals surface area contributed by atoms with Crippen molar-refractivity contribution in [2.24, 2.45) is 0 Å². The Labute approximate surface area is 131 Å². The highest BCUT2D eigenvalue weighted by Crippen LogP contribution is 2.33. The van der Waals surface area contributed by atoms with Gasteiger partial charge in [0, 0.05) is 18.7 Å². The summed E-state index contributed by atoms with van der Waals surface area (Å²) >= 11 is 0. The van der Waals surface area contributed by atoms with Gasteiger partial charge in [0.1, 0.15) is 6.10 Å². The molecule has 1 amide bonds. The molecule has 1 atom stereocenters. The maximum absolute atomic E-state index is 12.0. The Bertz CT molecular complexity index is 536. The van der Waals surface area contributed by atoms with Gasteiger partial charge < -0.3 is 19.5 Å². The molecule has 1 aromatic carbocycles. The molecular formula is C17H23NO4. The van der Waals surface area contributed by atoms with Crippen LogP contribution in [0.3, 0.4) is 0 Å². The Kier molecular flexibility index (Phi) is 5.83. The van der Waals surface area contributed by atoms with Gasteiger partial charge in [-0.1, -0.05) is 6.08 Å². The molecule has 0 saturated carbocycles. The standard InChI is InChI=1S/C17H23NO4/c1-4-6-13-9-12(10-15(20-2)16(13)21-3)11-18-17(19)14-7-5-8-22-14/h4,9-10,14H,1,5-8,11H2,2-3H3,(H,18,19). The van der Waals surface area contributed by atoms with Gasteiger partial charge in [-0.2, -0.15) is 0 Å². The molecule has 0 radical (unpaired) electrons. The van der Waals surface area contributed by atoms with Gasteiger partial charge in [0.25, 0.3) is 0 Å². The first-order valence-corrected chi connectivity index (χ1v) is 7.43. The second-order valence-electron chi connectivity index (χ2n) is 5.20. The van der Waals surface area contributed by atoms with Crippen LogP contribution in [0.15, 0.2) is 24.8 Å². The van der Waals surface area contributed by atoms with Crippen molar-refractivity contribution in [2.75, 3.05) is 20.8 Å². The SMILES string of the molecule is C=CCc1cc(CNC(=O)C2CCCO2)cc(OC)c1OC. The first-order chi connectivity index (χ1) is 10.7. The van der Waals surface area contributed by atoms with Crippen LogP contribution in [0.4, 0.5) is 0 Å². The molecule has 1 aliphatic heterocycles. The van der Waals surface area contributed by atoms with Crippen LogP contribution in [0.25, 0.3) is 0 Å². The van der Waals surface area contributed by atoms with Gasteiger partial charge in [-0.15, -0.1) is 6.58 Å². The fraction of sp³-hybridized carbons (Fsp3) is 0.471. The number of rotatable bonds is 7. The molecule has 0 aromatic heterocycles. The maximum atomic E-state index is 12.0. The lowest BCUT2D eigenvalue weighted by Gasteiger charge is -2.15. The number of carbonyl (C=O) groups excluding carboxylic acids is 1. The van der Waals surface area contributed by atoms with Gasteiger partial charge in [0.2, 0.25) is 5.91 Å². The largest absolute Gasteiger partial charge is 0.493 e. The maximum Gasteiger partial charge on any atom is 0.249 e. The third kappa shape index (κ3) is 3.80. The Morgan fingerprint density at radius 2 is 2.27 bits per heavy atom. The van der Waals surface area contributed by atoms with E-state index in [1.807, 2.05) is 18.2 Å². The molecule has 0 aliphatic carbocycles. The number of hydrogen-bond donors (Lipinski definition) is 1. The van der Waals surface area contributed by atoms with Crippen molar-refractivity contribution < 1.29 is 19.0 Å². The summed E-state index contributed by atoms with van der Waals surface area (Å²) in [6.07, 6.45) is 3.91. The predicted molar refractivity (Wildman–Crippen MR) is 84.3 cm³/mol. The predicted octanol–water partition coefficient (Wildman–Crippen LogP) is 2.23. The normalized spacial score (nSPS) is 17.1. The zero-order valence-corrected chi connectivity index (χ0v) is 13.2. The average Bonchev–Trinajstić information content (AvgIpc) is 3.06. The molecule has 1 saturated heterocycles. The van der Waals surface area contributed by atoms with Crippen molar-refractivity contribution in [3.8, 4) is 11.5 Å². The quantitative estimate of drug-likeness (QED) is 0.785. The monoisotopic (exact) mass is 305 g/mol. The van der Waals surface area contributed by atoms with Crippen LogP contribution in [0, 0.1) is 0 Å². The summed E-state index contributed by atoms with van der Waals surface area (Å²) in [7, 11) is 3.22. The van der Waals surface area contributed by atoms with Crippen LogP contribution in [-0.4, -0.2) is 32.8 Å². The fourth-order valence-corrected chi connectivity index (χ4v) is 2.60. The molecule has 5 nitrogen and oxygen atoms in total. The summed E-state index contributed by atoms with van der Waals surface area (Å²) in [5.41, 5.74) is 1.94. The van der Waals surface area contributed by atoms with Crippen LogP contribution >= 0.6 is 0 Å². The molecule has 2 rings (SSSR count). The molecule has 0 bridgehead atoms. The second kappa shape index (κ2) is 7.84. The van der Waals surface area contributed by atoms with Crippen LogP contribution < -0.4 is 14.8 Å². The molecule has 22 heavy (non-hydrogen) atoms. The van der Waals surface area contributed by atoms with E-state index >= 15 is 0 Å². The molecule has 1 aromatic rings. The first kappa shape index (κ1) is 16.4. The molecule has 0 spiro atoms. The molecule has 1 heterocycles. The van der Waals surface area contributed by atoms with Crippen molar-refractivity contribution in [3.05, 3.63) is 35.9 Å². The van der Waals surface area contributed by atoms with Gasteiger partial charge in [-0.05, 0) is 37.0 Å². The average molecular weight is 305 g/mol. The van der Waals surface area contributed by atoms with E-state index < -0.39 is 0 Å². The first-order valence-electron chi connectivity index (χ1n) is 7.43. The van der Waals surface area contributed by atoms with Gasteiger partial charge in [0.05, 0.1) is 14.2 Å². The number of carbonyl (C=O) groups is 1. The van der Waals surface area contributed by atoms with Crippen LogP contribution in [0.5, 0.6) is 11.5 Å². The van der Waals surface area contributed by atoms with Crippen molar-refractivity contribution in [1.29, 1.82) is 0 Å². The molecule has 1 fully saturated rings. The lowest BCUT2D eigenvalue weighted by molar-refractivity contribution is -0.130. The molecule has 1 unspecified atom stereocenters. The van der Waals surface area contributed by atoms with E-state index in [0.717, 1.165) is 24.0 Å². The van der Waals surface area contributed by atoms with Crippen molar-refractivity contribution >= 4 is 5.91 Å². The summed E-state index contributed by atoms with van der Waals surface area (Å²) < 4.78 is 16.2. The highest BCUT2D eigenvalue weighted by molar-refractivity contribution is 5.80. The fourth-order valence-electron chi connectivity index (χ4n) is 2.60. The van der Waals surface area contributed by atoms with Crippen LogP contribution in [0.1, 0.15) is 24.0 Å². The van der Waals surface area contributed by atoms with Gasteiger partial charge in [-0.25, -0.2) is 0 Å². The number of amides is 1. The zero-order chi connectivity index (χ0) is 15.9. The van der Waals surface area contributed by atoms with Crippen molar-refractivity contribution in [1.82, 2.24) is 5.32 Å². The summed E-state index contributed by atoms with van der Waals surface area (Å²) in [5.74, 6) is 1.30. The van der Waals surface area contributed by atoms with Crippen LogP contribution in [-0.2, 0) is 22.5 Å². The minimum Gasteiger partial charge on any atom is -0.493 e. The van der Waals surface area contributed by atoms with E-state index in [1.165, 1.54) is 0 Å². The van der Waals surface area contributed by atoms with Gasteiger partial charge in [-0.3, -0.25) is 4.79 Å². The molecule has 5 heteroatoms. The Morgan fingerprint density at radius 1 is 1.45 bits per heavy atom. The van der Waals surface area contributed by atoms with Crippen molar-refractivity contribution in [3.63, 3.8) is 0 Å². The summed E-state index contributed by atoms with van der Waals surface area (Å²) in [6, 6.07) is 3.88. The van der Waals surface area contributed by atoms with Crippen molar-refractivity contribution in [2.45, 2.75) is 31.9 Å². The Balaban J connectivity index is 2.10. The van der Waals surface area contributed by atoms with E-state index in [9.17, 15) is 4.79 Å². The molecule has 120 valence electrons. The smallest absolute Gasteiger partial charge is 0.249 e. The lowest BCUT2D eigenvalue weighted by Crippen LogP contribution is -2.33. The minimum atomic E-state index is -0.312. The third-order valence-electron chi connectivity index (χ3n) is 3.67. The highest BCUT2D eigenvalue weighted by Gasteiger charge is 2.23. The minimum absolute atomic E-state index is 0.0578. The van der Waals surface area contributed by atoms with E-state index in [-0.39, 0.29) is 12.0 Å². The number of benzene rings is 1. The van der Waals surface area contributed by atoms with Gasteiger partial charge >= 0.3 is 0 Å². The summed E-state index contributed by atoms with van der Waals surface area (Å²) in [4.78, 5) is 12.0. The molecule has 1 N–H and O–H groups in total. The Hall–Kier alpha value is -2.01. The third-order valence-corrected chi connectivity index (χ3v) is 3.67. The highest BCUT2D eigenvalue weighted by atomic mass is 16.5. The zero-order valence-electron chi connectivity index (χ0n) is 13.2. The number of hydrogen-bond acceptors (Lipinski definition) is 4. The Morgan fingerprint density at radius 3 is 2.86 bits per heavy atom. The van der Waals surface area contributed by atoms with E-state index in [0.29, 0.717) is 31.1 Å². The number of methoxy groups -OCH3 is 2. The number of allylic oxidation sites excluding steroid dienone is 1. The second-order valence-corrected chi connectivity index (χ2v) is 5.20. The van der Waals surface area contributed by atoms with Gasteiger partial charge in [0.15, 0.2) is 11.5 Å². The lowest BCUT2D eigenvalue weighted by atomic mass is 10.1. The van der Waals surface area contributed by atoms with E-state index in [1.54, 1.807) is 14.2 Å². The number of nitrogens with one attached hydrogen (secondary N) is 1. The summed E-state index contributed by atoms with van der Waals surface area (Å²) in [5, 5.41) is 2.91. The van der Waals surface area contributed by atoms with E-state index in [2.05, 4.69) is 11.9 Å².